The van der Waals surface area contributed by atoms with Crippen LogP contribution in [-0.4, -0.2) is 23.2 Å². The fraction of sp³-hybridized carbons (Fsp3) is 0.467. The van der Waals surface area contributed by atoms with E-state index in [1.165, 1.54) is 0 Å². The van der Waals surface area contributed by atoms with Gasteiger partial charge in [-0.15, -0.1) is 10.2 Å². The quantitative estimate of drug-likeness (QED) is 0.886. The third-order valence-corrected chi connectivity index (χ3v) is 5.39. The van der Waals surface area contributed by atoms with E-state index in [1.807, 2.05) is 12.1 Å². The third kappa shape index (κ3) is 3.53. The predicted octanol–water partition coefficient (Wildman–Crippen LogP) is 2.37. The van der Waals surface area contributed by atoms with Gasteiger partial charge >= 0.3 is 0 Å². The van der Waals surface area contributed by atoms with E-state index >= 15 is 0 Å². The molecule has 0 radical (unpaired) electrons. The predicted molar refractivity (Wildman–Crippen MR) is 84.9 cm³/mol. The van der Waals surface area contributed by atoms with Gasteiger partial charge in [-0.3, -0.25) is 0 Å². The Hall–Kier alpha value is -1.73. The molecule has 1 aromatic heterocycles. The Bertz CT molecular complexity index is 722. The van der Waals surface area contributed by atoms with E-state index in [2.05, 4.69) is 28.8 Å². The minimum atomic E-state index is -3.58. The van der Waals surface area contributed by atoms with E-state index in [4.69, 9.17) is 0 Å². The van der Waals surface area contributed by atoms with Crippen molar-refractivity contribution >= 4 is 10.0 Å². The summed E-state index contributed by atoms with van der Waals surface area (Å²) in [5, 5.41) is 7.69. The van der Waals surface area contributed by atoms with E-state index in [9.17, 15) is 8.42 Å². The summed E-state index contributed by atoms with van der Waals surface area (Å²) >= 11 is 0. The standard InChI is InChI=1S/C15H22N4O2S/c1-5-11(2)13-6-8-14(9-7-13)22(20,21)18-12(3)15-17-16-10-19(15)4/h6-12,18H,5H2,1-4H3. The topological polar surface area (TPSA) is 76.9 Å². The molecule has 1 heterocycles. The number of rotatable bonds is 6. The summed E-state index contributed by atoms with van der Waals surface area (Å²) < 4.78 is 29.2. The van der Waals surface area contributed by atoms with Gasteiger partial charge < -0.3 is 4.57 Å². The summed E-state index contributed by atoms with van der Waals surface area (Å²) in [4.78, 5) is 0.258. The highest BCUT2D eigenvalue weighted by Gasteiger charge is 2.21. The van der Waals surface area contributed by atoms with Gasteiger partial charge in [0.25, 0.3) is 0 Å². The Balaban J connectivity index is 2.18. The Morgan fingerprint density at radius 1 is 1.23 bits per heavy atom. The molecule has 0 aliphatic carbocycles. The van der Waals surface area contributed by atoms with Crippen molar-refractivity contribution in [2.24, 2.45) is 7.05 Å². The zero-order valence-electron chi connectivity index (χ0n) is 13.3. The number of nitrogens with zero attached hydrogens (tertiary/aromatic N) is 3. The first-order chi connectivity index (χ1) is 10.3. The minimum absolute atomic E-state index is 0.258. The average molecular weight is 322 g/mol. The minimum Gasteiger partial charge on any atom is -0.319 e. The molecule has 7 heteroatoms. The van der Waals surface area contributed by atoms with Crippen molar-refractivity contribution in [1.29, 1.82) is 0 Å². The normalized spacial score (nSPS) is 14.7. The number of benzene rings is 1. The van der Waals surface area contributed by atoms with Crippen LogP contribution in [0.25, 0.3) is 0 Å². The molecule has 2 atom stereocenters. The molecule has 0 spiro atoms. The fourth-order valence-electron chi connectivity index (χ4n) is 2.25. The number of hydrogen-bond donors (Lipinski definition) is 1. The number of hydrogen-bond acceptors (Lipinski definition) is 4. The number of aryl methyl sites for hydroxylation is 1. The molecule has 0 fully saturated rings. The molecule has 6 nitrogen and oxygen atoms in total. The van der Waals surface area contributed by atoms with E-state index in [1.54, 1.807) is 37.0 Å². The van der Waals surface area contributed by atoms with Crippen molar-refractivity contribution in [2.75, 3.05) is 0 Å². The van der Waals surface area contributed by atoms with Crippen molar-refractivity contribution in [3.8, 4) is 0 Å². The van der Waals surface area contributed by atoms with Crippen LogP contribution in [0.15, 0.2) is 35.5 Å². The second-order valence-corrected chi connectivity index (χ2v) is 7.24. The van der Waals surface area contributed by atoms with Crippen LogP contribution in [0.4, 0.5) is 0 Å². The van der Waals surface area contributed by atoms with E-state index in [0.29, 0.717) is 11.7 Å². The Morgan fingerprint density at radius 3 is 2.36 bits per heavy atom. The van der Waals surface area contributed by atoms with Gasteiger partial charge in [0.1, 0.15) is 12.2 Å². The van der Waals surface area contributed by atoms with E-state index in [-0.39, 0.29) is 4.90 Å². The first-order valence-electron chi connectivity index (χ1n) is 7.31. The Morgan fingerprint density at radius 2 is 1.86 bits per heavy atom. The average Bonchev–Trinajstić information content (AvgIpc) is 2.92. The maximum absolute atomic E-state index is 12.4. The number of aromatic nitrogens is 3. The van der Waals surface area contributed by atoms with Gasteiger partial charge in [0.2, 0.25) is 10.0 Å². The molecule has 0 amide bonds. The Labute approximate surface area is 131 Å². The second-order valence-electron chi connectivity index (χ2n) is 5.52. The van der Waals surface area contributed by atoms with Crippen LogP contribution in [0.1, 0.15) is 50.5 Å². The van der Waals surface area contributed by atoms with Gasteiger partial charge in [0, 0.05) is 7.05 Å². The summed E-state index contributed by atoms with van der Waals surface area (Å²) in [6.45, 7) is 5.98. The highest BCUT2D eigenvalue weighted by Crippen LogP contribution is 2.21. The zero-order chi connectivity index (χ0) is 16.3. The molecule has 2 unspecified atom stereocenters. The van der Waals surface area contributed by atoms with Gasteiger partial charge in [0.15, 0.2) is 0 Å². The SMILES string of the molecule is CCC(C)c1ccc(S(=O)(=O)NC(C)c2nncn2C)cc1. The molecule has 1 N–H and O–H groups in total. The molecule has 0 aliphatic rings. The van der Waals surface area contributed by atoms with Crippen molar-refractivity contribution < 1.29 is 8.42 Å². The van der Waals surface area contributed by atoms with Crippen molar-refractivity contribution in [2.45, 2.75) is 44.0 Å². The maximum Gasteiger partial charge on any atom is 0.241 e. The van der Waals surface area contributed by atoms with Crippen molar-refractivity contribution in [3.63, 3.8) is 0 Å². The first-order valence-corrected chi connectivity index (χ1v) is 8.79. The first kappa shape index (κ1) is 16.6. The molecule has 120 valence electrons. The lowest BCUT2D eigenvalue weighted by Crippen LogP contribution is -2.28. The largest absolute Gasteiger partial charge is 0.319 e. The molecular formula is C15H22N4O2S. The molecule has 0 aliphatic heterocycles. The van der Waals surface area contributed by atoms with Crippen LogP contribution in [-0.2, 0) is 17.1 Å². The summed E-state index contributed by atoms with van der Waals surface area (Å²) in [5.41, 5.74) is 1.14. The molecule has 0 saturated heterocycles. The molecule has 22 heavy (non-hydrogen) atoms. The monoisotopic (exact) mass is 322 g/mol. The van der Waals surface area contributed by atoms with Crippen LogP contribution in [0.5, 0.6) is 0 Å². The molecule has 0 bridgehead atoms. The highest BCUT2D eigenvalue weighted by atomic mass is 32.2. The van der Waals surface area contributed by atoms with Crippen molar-refractivity contribution in [3.05, 3.63) is 42.0 Å². The number of nitrogens with one attached hydrogen (secondary N) is 1. The van der Waals surface area contributed by atoms with Crippen LogP contribution >= 0.6 is 0 Å². The fourth-order valence-corrected chi connectivity index (χ4v) is 3.45. The number of sulfonamides is 1. The molecule has 0 saturated carbocycles. The van der Waals surface area contributed by atoms with E-state index in [0.717, 1.165) is 12.0 Å². The zero-order valence-corrected chi connectivity index (χ0v) is 14.1. The molecule has 2 rings (SSSR count). The highest BCUT2D eigenvalue weighted by molar-refractivity contribution is 7.89. The van der Waals surface area contributed by atoms with Crippen molar-refractivity contribution in [1.82, 2.24) is 19.5 Å². The molecular weight excluding hydrogens is 300 g/mol. The molecule has 2 aromatic rings. The maximum atomic E-state index is 12.4. The van der Waals surface area contributed by atoms with Crippen LogP contribution in [0.2, 0.25) is 0 Å². The summed E-state index contributed by atoms with van der Waals surface area (Å²) in [5.74, 6) is 0.988. The lowest BCUT2D eigenvalue weighted by molar-refractivity contribution is 0.553. The lowest BCUT2D eigenvalue weighted by atomic mass is 9.99. The smallest absolute Gasteiger partial charge is 0.241 e. The third-order valence-electron chi connectivity index (χ3n) is 3.84. The van der Waals surface area contributed by atoms with Gasteiger partial charge in [-0.05, 0) is 37.0 Å². The van der Waals surface area contributed by atoms with Gasteiger partial charge in [-0.1, -0.05) is 26.0 Å². The van der Waals surface area contributed by atoms with E-state index < -0.39 is 16.1 Å². The molecule has 1 aromatic carbocycles. The second kappa shape index (κ2) is 6.58. The van der Waals surface area contributed by atoms with Gasteiger partial charge in [0.05, 0.1) is 10.9 Å². The lowest BCUT2D eigenvalue weighted by Gasteiger charge is -2.14. The Kier molecular flexibility index (Phi) is 4.97. The van der Waals surface area contributed by atoms with Crippen LogP contribution in [0, 0.1) is 0 Å². The van der Waals surface area contributed by atoms with Gasteiger partial charge in [-0.2, -0.15) is 0 Å². The summed E-state index contributed by atoms with van der Waals surface area (Å²) in [7, 11) is -1.80. The summed E-state index contributed by atoms with van der Waals surface area (Å²) in [6, 6.07) is 6.58. The van der Waals surface area contributed by atoms with Crippen LogP contribution in [0.3, 0.4) is 0 Å². The van der Waals surface area contributed by atoms with Gasteiger partial charge in [-0.25, -0.2) is 13.1 Å². The summed E-state index contributed by atoms with van der Waals surface area (Å²) in [6.07, 6.45) is 2.56. The van der Waals surface area contributed by atoms with Crippen LogP contribution < -0.4 is 4.72 Å².